The van der Waals surface area contributed by atoms with Crippen LogP contribution in [-0.4, -0.2) is 11.0 Å². The van der Waals surface area contributed by atoms with Gasteiger partial charge in [0.2, 0.25) is 0 Å². The minimum atomic E-state index is 0.211. The van der Waals surface area contributed by atoms with Gasteiger partial charge in [-0.25, -0.2) is 0 Å². The highest BCUT2D eigenvalue weighted by atomic mass is 16.3. The number of hydrazine groups is 1. The molecule has 4 nitrogen and oxygen atoms in total. The Labute approximate surface area is 101 Å². The summed E-state index contributed by atoms with van der Waals surface area (Å²) in [5.74, 6) is 6.49. The molecular weight excluding hydrogens is 214 g/mol. The monoisotopic (exact) mass is 231 g/mol. The minimum absolute atomic E-state index is 0.211. The fourth-order valence-electron chi connectivity index (χ4n) is 1.78. The van der Waals surface area contributed by atoms with Crippen LogP contribution in [0.3, 0.4) is 0 Å². The van der Waals surface area contributed by atoms with E-state index in [1.54, 1.807) is 6.26 Å². The molecule has 90 valence electrons. The lowest BCUT2D eigenvalue weighted by Crippen LogP contribution is -2.37. The average Bonchev–Trinajstić information content (AvgIpc) is 2.88. The summed E-state index contributed by atoms with van der Waals surface area (Å²) in [7, 11) is 0. The quantitative estimate of drug-likeness (QED) is 0.586. The van der Waals surface area contributed by atoms with Crippen LogP contribution in [0.15, 0.2) is 47.2 Å². The number of nitrogens with zero attached hydrogens (tertiary/aromatic N) is 1. The van der Waals surface area contributed by atoms with E-state index in [0.717, 1.165) is 30.7 Å². The van der Waals surface area contributed by atoms with Crippen molar-refractivity contribution in [3.8, 4) is 0 Å². The molecule has 2 rings (SSSR count). The first-order valence-electron chi connectivity index (χ1n) is 5.77. The highest BCUT2D eigenvalue weighted by Crippen LogP contribution is 2.08. The summed E-state index contributed by atoms with van der Waals surface area (Å²) in [5.41, 5.74) is 3.91. The maximum atomic E-state index is 5.54. The normalized spacial score (nSPS) is 12.5. The van der Waals surface area contributed by atoms with Crippen molar-refractivity contribution >= 4 is 0 Å². The molecule has 0 aliphatic rings. The predicted octanol–water partition coefficient (Wildman–Crippen LogP) is 1.68. The fourth-order valence-corrected chi connectivity index (χ4v) is 1.78. The largest absolute Gasteiger partial charge is 0.469 e. The van der Waals surface area contributed by atoms with Crippen LogP contribution in [0.25, 0.3) is 0 Å². The molecule has 0 aromatic carbocycles. The lowest BCUT2D eigenvalue weighted by molar-refractivity contribution is 0.429. The third-order valence-corrected chi connectivity index (χ3v) is 2.74. The molecule has 17 heavy (non-hydrogen) atoms. The van der Waals surface area contributed by atoms with Gasteiger partial charge in [-0.2, -0.15) is 0 Å². The Kier molecular flexibility index (Phi) is 4.30. The van der Waals surface area contributed by atoms with Crippen molar-refractivity contribution in [1.82, 2.24) is 10.4 Å². The van der Waals surface area contributed by atoms with Gasteiger partial charge in [0.1, 0.15) is 5.76 Å². The molecule has 0 saturated carbocycles. The van der Waals surface area contributed by atoms with Crippen LogP contribution in [0.4, 0.5) is 0 Å². The number of nitrogens with two attached hydrogens (primary N) is 1. The Morgan fingerprint density at radius 3 is 2.88 bits per heavy atom. The molecular formula is C13H17N3O. The molecule has 2 heterocycles. The van der Waals surface area contributed by atoms with Gasteiger partial charge in [-0.3, -0.25) is 16.3 Å². The minimum Gasteiger partial charge on any atom is -0.469 e. The van der Waals surface area contributed by atoms with Crippen molar-refractivity contribution in [2.45, 2.75) is 25.3 Å². The van der Waals surface area contributed by atoms with Gasteiger partial charge in [0.15, 0.2) is 0 Å². The molecule has 0 radical (unpaired) electrons. The summed E-state index contributed by atoms with van der Waals surface area (Å²) in [6, 6.07) is 10.0. The van der Waals surface area contributed by atoms with Gasteiger partial charge in [-0.1, -0.05) is 6.07 Å². The van der Waals surface area contributed by atoms with Crippen molar-refractivity contribution in [3.05, 3.63) is 54.2 Å². The summed E-state index contributed by atoms with van der Waals surface area (Å²) in [4.78, 5) is 4.29. The van der Waals surface area contributed by atoms with Gasteiger partial charge >= 0.3 is 0 Å². The van der Waals surface area contributed by atoms with Crippen LogP contribution in [0.5, 0.6) is 0 Å². The molecule has 0 fully saturated rings. The Bertz CT molecular complexity index is 413. The lowest BCUT2D eigenvalue weighted by atomic mass is 10.1. The molecule has 2 aromatic heterocycles. The second-order valence-electron chi connectivity index (χ2n) is 4.01. The van der Waals surface area contributed by atoms with E-state index in [9.17, 15) is 0 Å². The molecule has 0 amide bonds. The Morgan fingerprint density at radius 2 is 2.24 bits per heavy atom. The topological polar surface area (TPSA) is 64.1 Å². The maximum Gasteiger partial charge on any atom is 0.105 e. The Hall–Kier alpha value is -1.65. The Balaban J connectivity index is 1.84. The van der Waals surface area contributed by atoms with E-state index >= 15 is 0 Å². The van der Waals surface area contributed by atoms with Crippen LogP contribution in [0, 0.1) is 0 Å². The number of hydrogen-bond acceptors (Lipinski definition) is 4. The van der Waals surface area contributed by atoms with Crippen molar-refractivity contribution in [2.24, 2.45) is 5.84 Å². The molecule has 2 aromatic rings. The zero-order valence-electron chi connectivity index (χ0n) is 9.67. The van der Waals surface area contributed by atoms with E-state index in [1.807, 2.05) is 36.5 Å². The zero-order valence-corrected chi connectivity index (χ0v) is 9.67. The van der Waals surface area contributed by atoms with Crippen molar-refractivity contribution in [1.29, 1.82) is 0 Å². The number of furan rings is 1. The highest BCUT2D eigenvalue weighted by Gasteiger charge is 2.09. The summed E-state index contributed by atoms with van der Waals surface area (Å²) in [6.45, 7) is 0. The van der Waals surface area contributed by atoms with Crippen molar-refractivity contribution in [3.63, 3.8) is 0 Å². The summed E-state index contributed by atoms with van der Waals surface area (Å²) in [6.07, 6.45) is 6.15. The summed E-state index contributed by atoms with van der Waals surface area (Å²) >= 11 is 0. The summed E-state index contributed by atoms with van der Waals surface area (Å²) in [5, 5.41) is 0. The van der Waals surface area contributed by atoms with Crippen LogP contribution in [0.2, 0.25) is 0 Å². The number of rotatable bonds is 6. The van der Waals surface area contributed by atoms with Gasteiger partial charge in [0.05, 0.1) is 6.26 Å². The second kappa shape index (κ2) is 6.18. The van der Waals surface area contributed by atoms with Gasteiger partial charge < -0.3 is 4.42 Å². The van der Waals surface area contributed by atoms with Gasteiger partial charge in [0.25, 0.3) is 0 Å². The van der Waals surface area contributed by atoms with E-state index in [2.05, 4.69) is 10.4 Å². The Morgan fingerprint density at radius 1 is 1.29 bits per heavy atom. The molecule has 0 bridgehead atoms. The molecule has 0 aliphatic carbocycles. The second-order valence-corrected chi connectivity index (χ2v) is 4.01. The molecule has 0 aliphatic heterocycles. The number of aromatic nitrogens is 1. The molecule has 1 unspecified atom stereocenters. The molecule has 0 saturated heterocycles. The van der Waals surface area contributed by atoms with E-state index in [0.29, 0.717) is 0 Å². The SMILES string of the molecule is NNC(CCc1ccccn1)Cc1ccco1. The van der Waals surface area contributed by atoms with Crippen LogP contribution >= 0.6 is 0 Å². The highest BCUT2D eigenvalue weighted by molar-refractivity contribution is 5.05. The number of hydrogen-bond donors (Lipinski definition) is 2. The zero-order chi connectivity index (χ0) is 11.9. The first-order valence-corrected chi connectivity index (χ1v) is 5.77. The van der Waals surface area contributed by atoms with E-state index < -0.39 is 0 Å². The standard InChI is InChI=1S/C13H17N3O/c14-16-12(10-13-5-3-9-17-13)7-6-11-4-1-2-8-15-11/h1-5,8-9,12,16H,6-7,10,14H2. The molecule has 4 heteroatoms. The van der Waals surface area contributed by atoms with Crippen LogP contribution in [0.1, 0.15) is 17.9 Å². The average molecular weight is 231 g/mol. The van der Waals surface area contributed by atoms with Gasteiger partial charge in [-0.05, 0) is 37.1 Å². The van der Waals surface area contributed by atoms with E-state index in [4.69, 9.17) is 10.3 Å². The summed E-state index contributed by atoms with van der Waals surface area (Å²) < 4.78 is 5.31. The number of nitrogens with one attached hydrogen (secondary N) is 1. The van der Waals surface area contributed by atoms with Gasteiger partial charge in [0, 0.05) is 24.4 Å². The third-order valence-electron chi connectivity index (χ3n) is 2.74. The van der Waals surface area contributed by atoms with Crippen molar-refractivity contribution < 1.29 is 4.42 Å². The van der Waals surface area contributed by atoms with Gasteiger partial charge in [-0.15, -0.1) is 0 Å². The molecule has 3 N–H and O–H groups in total. The van der Waals surface area contributed by atoms with Crippen molar-refractivity contribution in [2.75, 3.05) is 0 Å². The molecule has 0 spiro atoms. The fraction of sp³-hybridized carbons (Fsp3) is 0.308. The predicted molar refractivity (Wildman–Crippen MR) is 66.1 cm³/mol. The number of pyridine rings is 1. The smallest absolute Gasteiger partial charge is 0.105 e. The van der Waals surface area contributed by atoms with Crippen LogP contribution < -0.4 is 11.3 Å². The third kappa shape index (κ3) is 3.69. The first kappa shape index (κ1) is 11.8. The van der Waals surface area contributed by atoms with E-state index in [-0.39, 0.29) is 6.04 Å². The lowest BCUT2D eigenvalue weighted by Gasteiger charge is -2.13. The maximum absolute atomic E-state index is 5.54. The van der Waals surface area contributed by atoms with Crippen LogP contribution in [-0.2, 0) is 12.8 Å². The van der Waals surface area contributed by atoms with E-state index in [1.165, 1.54) is 0 Å². The number of aryl methyl sites for hydroxylation is 1. The first-order chi connectivity index (χ1) is 8.38. The molecule has 1 atom stereocenters.